The van der Waals surface area contributed by atoms with E-state index in [4.69, 9.17) is 0 Å². The maximum atomic E-state index is 12.1. The Morgan fingerprint density at radius 1 is 1.29 bits per heavy atom. The van der Waals surface area contributed by atoms with E-state index >= 15 is 0 Å². The number of hydrogen-bond donors (Lipinski definition) is 0. The summed E-state index contributed by atoms with van der Waals surface area (Å²) in [6.45, 7) is 2.68. The third-order valence-electron chi connectivity index (χ3n) is 3.03. The highest BCUT2D eigenvalue weighted by molar-refractivity contribution is 4.89. The number of nitrogens with zero attached hydrogens (tertiary/aromatic N) is 1. The van der Waals surface area contributed by atoms with Gasteiger partial charge < -0.3 is 0 Å². The van der Waals surface area contributed by atoms with Gasteiger partial charge in [-0.25, -0.2) is 5.32 Å². The summed E-state index contributed by atoms with van der Waals surface area (Å²) in [5.41, 5.74) is -0.367. The van der Waals surface area contributed by atoms with Crippen molar-refractivity contribution in [1.29, 1.82) is 0 Å². The lowest BCUT2D eigenvalue weighted by molar-refractivity contribution is -0.139. The molecule has 0 aromatic rings. The van der Waals surface area contributed by atoms with Gasteiger partial charge in [-0.2, -0.15) is 13.2 Å². The molecule has 1 fully saturated rings. The van der Waals surface area contributed by atoms with Crippen molar-refractivity contribution in [2.75, 3.05) is 6.54 Å². The Labute approximate surface area is 83.1 Å². The van der Waals surface area contributed by atoms with E-state index in [1.165, 1.54) is 0 Å². The molecule has 0 aliphatic carbocycles. The highest BCUT2D eigenvalue weighted by Crippen LogP contribution is 2.33. The van der Waals surface area contributed by atoms with Crippen LogP contribution in [0.4, 0.5) is 13.2 Å². The molecule has 1 saturated heterocycles. The van der Waals surface area contributed by atoms with Crippen LogP contribution in [0.25, 0.3) is 0 Å². The van der Waals surface area contributed by atoms with Crippen LogP contribution in [-0.4, -0.2) is 18.3 Å². The highest BCUT2D eigenvalue weighted by atomic mass is 19.4. The van der Waals surface area contributed by atoms with Gasteiger partial charge in [0.05, 0.1) is 0 Å². The molecular weight excluding hydrogens is 191 g/mol. The smallest absolute Gasteiger partial charge is 0.235 e. The third-order valence-corrected chi connectivity index (χ3v) is 3.03. The second-order valence-electron chi connectivity index (χ2n) is 4.03. The summed E-state index contributed by atoms with van der Waals surface area (Å²) in [4.78, 5) is 0. The van der Waals surface area contributed by atoms with Crippen LogP contribution in [0.15, 0.2) is 0 Å². The summed E-state index contributed by atoms with van der Waals surface area (Å²) in [7, 11) is 0. The molecule has 0 N–H and O–H groups in total. The number of piperidine rings is 1. The Morgan fingerprint density at radius 2 is 2.00 bits per heavy atom. The zero-order valence-corrected chi connectivity index (χ0v) is 8.53. The van der Waals surface area contributed by atoms with Gasteiger partial charge in [-0.15, -0.1) is 0 Å². The Hall–Kier alpha value is -0.250. The minimum absolute atomic E-state index is 0.174. The van der Waals surface area contributed by atoms with E-state index in [-0.39, 0.29) is 12.0 Å². The standard InChI is InChI=1S/C10H17F3N/c1-2-9(5-3-4-8-14-9)6-7-10(11,12)13/h2-8H2,1H3. The topological polar surface area (TPSA) is 14.1 Å². The predicted octanol–water partition coefficient (Wildman–Crippen LogP) is 3.27. The molecule has 1 atom stereocenters. The fourth-order valence-corrected chi connectivity index (χ4v) is 2.00. The van der Waals surface area contributed by atoms with Gasteiger partial charge in [-0.3, -0.25) is 0 Å². The fraction of sp³-hybridized carbons (Fsp3) is 1.00. The van der Waals surface area contributed by atoms with Crippen molar-refractivity contribution >= 4 is 0 Å². The zero-order chi connectivity index (χ0) is 10.7. The summed E-state index contributed by atoms with van der Waals surface area (Å²) in [6, 6.07) is 0. The monoisotopic (exact) mass is 208 g/mol. The Morgan fingerprint density at radius 3 is 2.43 bits per heavy atom. The van der Waals surface area contributed by atoms with Gasteiger partial charge in [0, 0.05) is 18.5 Å². The average Bonchev–Trinajstić information content (AvgIpc) is 2.15. The minimum Gasteiger partial charge on any atom is -0.235 e. The summed E-state index contributed by atoms with van der Waals surface area (Å²) in [6.07, 6.45) is -0.919. The van der Waals surface area contributed by atoms with Crippen LogP contribution in [0.5, 0.6) is 0 Å². The molecule has 14 heavy (non-hydrogen) atoms. The quantitative estimate of drug-likeness (QED) is 0.676. The molecule has 0 bridgehead atoms. The maximum absolute atomic E-state index is 12.1. The number of alkyl halides is 3. The van der Waals surface area contributed by atoms with E-state index in [0.717, 1.165) is 32.2 Å². The first-order chi connectivity index (χ1) is 6.47. The molecule has 0 amide bonds. The summed E-state index contributed by atoms with van der Waals surface area (Å²) < 4.78 is 36.2. The minimum atomic E-state index is -4.03. The van der Waals surface area contributed by atoms with E-state index in [1.54, 1.807) is 0 Å². The normalized spacial score (nSPS) is 29.1. The van der Waals surface area contributed by atoms with Crippen LogP contribution >= 0.6 is 0 Å². The van der Waals surface area contributed by atoms with Crippen molar-refractivity contribution < 1.29 is 13.2 Å². The Bertz CT molecular complexity index is 171. The molecule has 1 aliphatic rings. The van der Waals surface area contributed by atoms with E-state index in [2.05, 4.69) is 5.32 Å². The van der Waals surface area contributed by atoms with Crippen molar-refractivity contribution in [1.82, 2.24) is 5.32 Å². The first-order valence-electron chi connectivity index (χ1n) is 5.23. The van der Waals surface area contributed by atoms with Gasteiger partial charge in [0.1, 0.15) is 0 Å². The van der Waals surface area contributed by atoms with Gasteiger partial charge in [-0.1, -0.05) is 13.3 Å². The first kappa shape index (κ1) is 11.8. The fourth-order valence-electron chi connectivity index (χ4n) is 2.00. The molecular formula is C10H17F3N. The first-order valence-corrected chi connectivity index (χ1v) is 5.23. The molecule has 0 saturated carbocycles. The van der Waals surface area contributed by atoms with Crippen molar-refractivity contribution in [3.63, 3.8) is 0 Å². The van der Waals surface area contributed by atoms with Gasteiger partial charge in [0.25, 0.3) is 0 Å². The van der Waals surface area contributed by atoms with Crippen LogP contribution in [-0.2, 0) is 0 Å². The van der Waals surface area contributed by atoms with E-state index in [9.17, 15) is 13.2 Å². The van der Waals surface area contributed by atoms with Crippen LogP contribution < -0.4 is 5.32 Å². The van der Waals surface area contributed by atoms with E-state index in [0.29, 0.717) is 0 Å². The molecule has 1 heterocycles. The van der Waals surface area contributed by atoms with Crippen molar-refractivity contribution in [3.05, 3.63) is 0 Å². The summed E-state index contributed by atoms with van der Waals surface area (Å²) in [5.74, 6) is 0. The molecule has 0 aromatic heterocycles. The Balaban J connectivity index is 2.44. The molecule has 1 unspecified atom stereocenters. The lowest BCUT2D eigenvalue weighted by Gasteiger charge is -2.36. The third kappa shape index (κ3) is 3.48. The van der Waals surface area contributed by atoms with Crippen molar-refractivity contribution in [3.8, 4) is 0 Å². The molecule has 1 aliphatic heterocycles. The second kappa shape index (κ2) is 4.51. The lowest BCUT2D eigenvalue weighted by Crippen LogP contribution is -2.43. The van der Waals surface area contributed by atoms with Gasteiger partial charge in [0.15, 0.2) is 0 Å². The number of rotatable bonds is 3. The van der Waals surface area contributed by atoms with Crippen LogP contribution in [0.2, 0.25) is 0 Å². The number of hydrogen-bond acceptors (Lipinski definition) is 0. The molecule has 1 nitrogen and oxygen atoms in total. The molecule has 1 radical (unpaired) electrons. The Kier molecular flexibility index (Phi) is 3.81. The van der Waals surface area contributed by atoms with Gasteiger partial charge >= 0.3 is 6.18 Å². The molecule has 83 valence electrons. The van der Waals surface area contributed by atoms with Gasteiger partial charge in [0.2, 0.25) is 0 Å². The van der Waals surface area contributed by atoms with Crippen molar-refractivity contribution in [2.24, 2.45) is 0 Å². The summed E-state index contributed by atoms with van der Waals surface area (Å²) in [5, 5.41) is 4.38. The largest absolute Gasteiger partial charge is 0.389 e. The zero-order valence-electron chi connectivity index (χ0n) is 8.53. The number of halogens is 3. The average molecular weight is 208 g/mol. The lowest BCUT2D eigenvalue weighted by atomic mass is 9.82. The molecule has 4 heteroatoms. The molecule has 1 rings (SSSR count). The second-order valence-corrected chi connectivity index (χ2v) is 4.03. The van der Waals surface area contributed by atoms with Crippen LogP contribution in [0.3, 0.4) is 0 Å². The molecule has 0 aromatic carbocycles. The predicted molar refractivity (Wildman–Crippen MR) is 49.2 cm³/mol. The van der Waals surface area contributed by atoms with Crippen LogP contribution in [0.1, 0.15) is 45.4 Å². The molecule has 0 spiro atoms. The maximum Gasteiger partial charge on any atom is 0.389 e. The summed E-state index contributed by atoms with van der Waals surface area (Å²) >= 11 is 0. The van der Waals surface area contributed by atoms with E-state index < -0.39 is 12.6 Å². The SMILES string of the molecule is CCC1(CCC(F)(F)F)CCCC[N]1. The van der Waals surface area contributed by atoms with Gasteiger partial charge in [-0.05, 0) is 25.7 Å². The highest BCUT2D eigenvalue weighted by Gasteiger charge is 2.36. The van der Waals surface area contributed by atoms with Crippen LogP contribution in [0, 0.1) is 0 Å². The van der Waals surface area contributed by atoms with E-state index in [1.807, 2.05) is 6.92 Å². The van der Waals surface area contributed by atoms with Crippen molar-refractivity contribution in [2.45, 2.75) is 57.2 Å².